The lowest BCUT2D eigenvalue weighted by Crippen LogP contribution is -2.46. The summed E-state index contributed by atoms with van der Waals surface area (Å²) in [6.45, 7) is 6.94. The predicted molar refractivity (Wildman–Crippen MR) is 95.6 cm³/mol. The second-order valence-electron chi connectivity index (χ2n) is 6.11. The van der Waals surface area contributed by atoms with Crippen LogP contribution in [0.15, 0.2) is 30.3 Å². The van der Waals surface area contributed by atoms with Gasteiger partial charge in [0.15, 0.2) is 0 Å². The molecule has 5 nitrogen and oxygen atoms in total. The van der Waals surface area contributed by atoms with Crippen LogP contribution in [-0.2, 0) is 4.79 Å². The molecule has 0 saturated carbocycles. The lowest BCUT2D eigenvalue weighted by molar-refractivity contribution is -0.121. The van der Waals surface area contributed by atoms with Crippen molar-refractivity contribution in [3.05, 3.63) is 30.3 Å². The van der Waals surface area contributed by atoms with E-state index in [-0.39, 0.29) is 5.91 Å². The third kappa shape index (κ3) is 6.59. The van der Waals surface area contributed by atoms with Crippen molar-refractivity contribution in [1.82, 2.24) is 10.2 Å². The molecule has 2 rings (SSSR count). The highest BCUT2D eigenvalue weighted by atomic mass is 16.1. The molecular weight excluding hydrogens is 288 g/mol. The molecule has 0 unspecified atom stereocenters. The minimum atomic E-state index is 0.131. The first-order chi connectivity index (χ1) is 11.3. The van der Waals surface area contributed by atoms with Gasteiger partial charge in [0.05, 0.1) is 0 Å². The third-order valence-corrected chi connectivity index (χ3v) is 4.32. The SMILES string of the molecule is NCCCC(=O)NCCCCN1CCN(c2ccccc2)CC1. The Morgan fingerprint density at radius 1 is 1.04 bits per heavy atom. The molecule has 5 heteroatoms. The van der Waals surface area contributed by atoms with Crippen LogP contribution in [0.2, 0.25) is 0 Å². The van der Waals surface area contributed by atoms with E-state index in [2.05, 4.69) is 45.4 Å². The molecule has 1 aromatic rings. The molecule has 1 fully saturated rings. The van der Waals surface area contributed by atoms with E-state index in [1.807, 2.05) is 0 Å². The zero-order chi connectivity index (χ0) is 16.3. The largest absolute Gasteiger partial charge is 0.369 e. The fraction of sp³-hybridized carbons (Fsp3) is 0.611. The molecule has 1 saturated heterocycles. The Kier molecular flexibility index (Phi) is 7.90. The molecular formula is C18H30N4O. The van der Waals surface area contributed by atoms with E-state index in [4.69, 9.17) is 5.73 Å². The van der Waals surface area contributed by atoms with E-state index >= 15 is 0 Å². The van der Waals surface area contributed by atoms with E-state index in [1.165, 1.54) is 5.69 Å². The average Bonchev–Trinajstić information content (AvgIpc) is 2.61. The van der Waals surface area contributed by atoms with Gasteiger partial charge in [-0.1, -0.05) is 18.2 Å². The normalized spacial score (nSPS) is 15.6. The summed E-state index contributed by atoms with van der Waals surface area (Å²) >= 11 is 0. The van der Waals surface area contributed by atoms with E-state index in [9.17, 15) is 4.79 Å². The molecule has 0 radical (unpaired) electrons. The minimum Gasteiger partial charge on any atom is -0.369 e. The van der Waals surface area contributed by atoms with E-state index in [0.29, 0.717) is 13.0 Å². The molecule has 1 aliphatic heterocycles. The Morgan fingerprint density at radius 3 is 2.48 bits per heavy atom. The number of rotatable bonds is 9. The summed E-state index contributed by atoms with van der Waals surface area (Å²) in [5.74, 6) is 0.131. The zero-order valence-electron chi connectivity index (χ0n) is 14.0. The number of nitrogens with one attached hydrogen (secondary N) is 1. The van der Waals surface area contributed by atoms with Crippen molar-refractivity contribution in [2.75, 3.05) is 50.7 Å². The summed E-state index contributed by atoms with van der Waals surface area (Å²) in [6, 6.07) is 10.6. The number of hydrogen-bond acceptors (Lipinski definition) is 4. The van der Waals surface area contributed by atoms with Gasteiger partial charge < -0.3 is 16.0 Å². The summed E-state index contributed by atoms with van der Waals surface area (Å²) in [5.41, 5.74) is 6.72. The highest BCUT2D eigenvalue weighted by Crippen LogP contribution is 2.15. The van der Waals surface area contributed by atoms with Gasteiger partial charge in [-0.2, -0.15) is 0 Å². The number of amides is 1. The van der Waals surface area contributed by atoms with Crippen molar-refractivity contribution < 1.29 is 4.79 Å². The van der Waals surface area contributed by atoms with Gasteiger partial charge in [0.25, 0.3) is 0 Å². The standard InChI is InChI=1S/C18H30N4O/c19-10-6-9-18(23)20-11-4-5-12-21-13-15-22(16-14-21)17-7-2-1-3-8-17/h1-3,7-8H,4-6,9-16,19H2,(H,20,23). The fourth-order valence-corrected chi connectivity index (χ4v) is 2.91. The molecule has 128 valence electrons. The molecule has 0 bridgehead atoms. The second kappa shape index (κ2) is 10.2. The van der Waals surface area contributed by atoms with Gasteiger partial charge in [-0.25, -0.2) is 0 Å². The van der Waals surface area contributed by atoms with Gasteiger partial charge >= 0.3 is 0 Å². The molecule has 1 aliphatic rings. The Labute approximate surface area is 139 Å². The molecule has 3 N–H and O–H groups in total. The summed E-state index contributed by atoms with van der Waals surface area (Å²) in [6.07, 6.45) is 3.52. The maximum absolute atomic E-state index is 11.5. The lowest BCUT2D eigenvalue weighted by Gasteiger charge is -2.36. The van der Waals surface area contributed by atoms with Crippen LogP contribution in [0.1, 0.15) is 25.7 Å². The van der Waals surface area contributed by atoms with Crippen molar-refractivity contribution in [1.29, 1.82) is 0 Å². The van der Waals surface area contributed by atoms with Crippen LogP contribution in [0.4, 0.5) is 5.69 Å². The Morgan fingerprint density at radius 2 is 1.78 bits per heavy atom. The van der Waals surface area contributed by atoms with Crippen molar-refractivity contribution in [3.63, 3.8) is 0 Å². The van der Waals surface area contributed by atoms with Crippen LogP contribution in [0, 0.1) is 0 Å². The lowest BCUT2D eigenvalue weighted by atomic mass is 10.2. The van der Waals surface area contributed by atoms with Crippen molar-refractivity contribution in [3.8, 4) is 0 Å². The number of benzene rings is 1. The quantitative estimate of drug-likeness (QED) is 0.677. The minimum absolute atomic E-state index is 0.131. The Hall–Kier alpha value is -1.59. The summed E-state index contributed by atoms with van der Waals surface area (Å²) < 4.78 is 0. The van der Waals surface area contributed by atoms with Gasteiger partial charge in [-0.15, -0.1) is 0 Å². The highest BCUT2D eigenvalue weighted by molar-refractivity contribution is 5.75. The van der Waals surface area contributed by atoms with Gasteiger partial charge in [0, 0.05) is 44.8 Å². The second-order valence-corrected chi connectivity index (χ2v) is 6.11. The molecule has 23 heavy (non-hydrogen) atoms. The van der Waals surface area contributed by atoms with Gasteiger partial charge in [0.2, 0.25) is 5.91 Å². The number of hydrogen-bond donors (Lipinski definition) is 2. The molecule has 0 atom stereocenters. The third-order valence-electron chi connectivity index (χ3n) is 4.32. The first-order valence-electron chi connectivity index (χ1n) is 8.78. The van der Waals surface area contributed by atoms with Crippen LogP contribution in [0.25, 0.3) is 0 Å². The van der Waals surface area contributed by atoms with Crippen LogP contribution in [0.3, 0.4) is 0 Å². The number of unbranched alkanes of at least 4 members (excludes halogenated alkanes) is 1. The zero-order valence-corrected chi connectivity index (χ0v) is 14.0. The number of nitrogens with two attached hydrogens (primary N) is 1. The van der Waals surface area contributed by atoms with Crippen molar-refractivity contribution >= 4 is 11.6 Å². The smallest absolute Gasteiger partial charge is 0.220 e. The molecule has 0 spiro atoms. The van der Waals surface area contributed by atoms with Crippen LogP contribution in [0.5, 0.6) is 0 Å². The van der Waals surface area contributed by atoms with Gasteiger partial charge in [-0.05, 0) is 44.5 Å². The first-order valence-corrected chi connectivity index (χ1v) is 8.78. The van der Waals surface area contributed by atoms with Crippen molar-refractivity contribution in [2.24, 2.45) is 5.73 Å². The highest BCUT2D eigenvalue weighted by Gasteiger charge is 2.16. The number of anilines is 1. The van der Waals surface area contributed by atoms with E-state index in [1.54, 1.807) is 0 Å². The Balaban J connectivity index is 1.52. The number of piperazine rings is 1. The monoisotopic (exact) mass is 318 g/mol. The maximum Gasteiger partial charge on any atom is 0.220 e. The topological polar surface area (TPSA) is 61.6 Å². The van der Waals surface area contributed by atoms with E-state index < -0.39 is 0 Å². The molecule has 0 aromatic heterocycles. The van der Waals surface area contributed by atoms with Crippen LogP contribution < -0.4 is 16.0 Å². The average molecular weight is 318 g/mol. The van der Waals surface area contributed by atoms with Crippen molar-refractivity contribution in [2.45, 2.75) is 25.7 Å². The summed E-state index contributed by atoms with van der Waals surface area (Å²) in [5, 5.41) is 2.96. The molecule has 1 amide bonds. The Bertz CT molecular complexity index is 444. The summed E-state index contributed by atoms with van der Waals surface area (Å²) in [4.78, 5) is 16.4. The van der Waals surface area contributed by atoms with E-state index in [0.717, 1.165) is 58.5 Å². The number of carbonyl (C=O) groups is 1. The molecule has 1 aromatic carbocycles. The number of carbonyl (C=O) groups excluding carboxylic acids is 1. The number of nitrogens with zero attached hydrogens (tertiary/aromatic N) is 2. The maximum atomic E-state index is 11.5. The first kappa shape index (κ1) is 17.8. The van der Waals surface area contributed by atoms with Gasteiger partial charge in [-0.3, -0.25) is 9.69 Å². The van der Waals surface area contributed by atoms with Crippen LogP contribution >= 0.6 is 0 Å². The predicted octanol–water partition coefficient (Wildman–Crippen LogP) is 1.44. The molecule has 0 aliphatic carbocycles. The van der Waals surface area contributed by atoms with Gasteiger partial charge in [0.1, 0.15) is 0 Å². The van der Waals surface area contributed by atoms with Crippen LogP contribution in [-0.4, -0.2) is 56.6 Å². The summed E-state index contributed by atoms with van der Waals surface area (Å²) in [7, 11) is 0. The molecule has 1 heterocycles. The fourth-order valence-electron chi connectivity index (χ4n) is 2.91. The number of para-hydroxylation sites is 1.